The van der Waals surface area contributed by atoms with E-state index in [0.29, 0.717) is 22.0 Å². The molecule has 0 N–H and O–H groups in total. The van der Waals surface area contributed by atoms with Gasteiger partial charge in [-0.2, -0.15) is 0 Å². The first-order valence-electron chi connectivity index (χ1n) is 8.46. The highest BCUT2D eigenvalue weighted by molar-refractivity contribution is 9.09. The molecule has 0 bridgehead atoms. The quantitative estimate of drug-likeness (QED) is 0.285. The van der Waals surface area contributed by atoms with Crippen LogP contribution < -0.4 is 4.74 Å². The Morgan fingerprint density at radius 1 is 0.741 bits per heavy atom. The molecule has 0 aliphatic rings. The van der Waals surface area contributed by atoms with Crippen molar-refractivity contribution in [2.45, 2.75) is 5.60 Å². The van der Waals surface area contributed by atoms with Gasteiger partial charge in [-0.3, -0.25) is 0 Å². The Labute approximate surface area is 178 Å². The first kappa shape index (κ1) is 20.2. The van der Waals surface area contributed by atoms with Gasteiger partial charge in [0.05, 0.1) is 13.7 Å². The summed E-state index contributed by atoms with van der Waals surface area (Å²) in [5, 5.41) is 2.07. The van der Waals surface area contributed by atoms with Crippen molar-refractivity contribution < 1.29 is 9.47 Å². The molecule has 2 nitrogen and oxygen atoms in total. The molecule has 0 heterocycles. The number of alkyl halides is 1. The maximum atomic E-state index is 6.52. The Morgan fingerprint density at radius 3 is 1.52 bits per heavy atom. The van der Waals surface area contributed by atoms with Crippen LogP contribution in [0.5, 0.6) is 5.75 Å². The summed E-state index contributed by atoms with van der Waals surface area (Å²) in [7, 11) is 1.65. The number of benzene rings is 3. The van der Waals surface area contributed by atoms with Crippen molar-refractivity contribution in [2.75, 3.05) is 19.0 Å². The lowest BCUT2D eigenvalue weighted by Gasteiger charge is -2.36. The lowest BCUT2D eigenvalue weighted by atomic mass is 9.80. The Hall–Kier alpha value is -1.52. The summed E-state index contributed by atoms with van der Waals surface area (Å²) >= 11 is 15.8. The van der Waals surface area contributed by atoms with Gasteiger partial charge in [-0.25, -0.2) is 0 Å². The summed E-state index contributed by atoms with van der Waals surface area (Å²) in [6.45, 7) is 0.525. The second-order valence-electron chi connectivity index (χ2n) is 5.96. The lowest BCUT2D eigenvalue weighted by molar-refractivity contribution is 0.0237. The highest BCUT2D eigenvalue weighted by atomic mass is 79.9. The maximum Gasteiger partial charge on any atom is 0.143 e. The molecule has 140 valence electrons. The predicted molar refractivity (Wildman–Crippen MR) is 116 cm³/mol. The van der Waals surface area contributed by atoms with E-state index in [1.165, 1.54) is 0 Å². The van der Waals surface area contributed by atoms with Crippen molar-refractivity contribution in [3.8, 4) is 5.75 Å². The third-order valence-electron chi connectivity index (χ3n) is 4.39. The minimum atomic E-state index is -0.796. The van der Waals surface area contributed by atoms with Crippen LogP contribution in [0.15, 0.2) is 72.8 Å². The maximum absolute atomic E-state index is 6.52. The van der Waals surface area contributed by atoms with Gasteiger partial charge < -0.3 is 9.47 Å². The molecule has 0 amide bonds. The van der Waals surface area contributed by atoms with Crippen LogP contribution >= 0.6 is 39.1 Å². The van der Waals surface area contributed by atoms with E-state index in [-0.39, 0.29) is 0 Å². The molecule has 0 radical (unpaired) electrons. The van der Waals surface area contributed by atoms with E-state index in [9.17, 15) is 0 Å². The molecular weight excluding hydrogens is 447 g/mol. The van der Waals surface area contributed by atoms with Crippen LogP contribution in [-0.4, -0.2) is 19.0 Å². The number of methoxy groups -OCH3 is 1. The molecule has 0 unspecified atom stereocenters. The van der Waals surface area contributed by atoms with Crippen molar-refractivity contribution in [3.05, 3.63) is 99.5 Å². The average molecular weight is 466 g/mol. The van der Waals surface area contributed by atoms with Gasteiger partial charge in [0.2, 0.25) is 0 Å². The second kappa shape index (κ2) is 9.11. The normalized spacial score (nSPS) is 11.4. The standard InChI is InChI=1S/C22H19BrCl2O2/c1-26-21-12-6-18(7-13-21)22(27-15-14-23,16-2-8-19(24)9-3-16)17-4-10-20(25)11-5-17/h2-13H,14-15H2,1H3. The first-order chi connectivity index (χ1) is 13.1. The Morgan fingerprint density at radius 2 is 1.15 bits per heavy atom. The summed E-state index contributed by atoms with van der Waals surface area (Å²) in [5.41, 5.74) is 2.17. The average Bonchev–Trinajstić information content (AvgIpc) is 2.71. The molecular formula is C22H19BrCl2O2. The van der Waals surface area contributed by atoms with Gasteiger partial charge in [-0.1, -0.05) is 75.5 Å². The van der Waals surface area contributed by atoms with Gasteiger partial charge in [-0.15, -0.1) is 0 Å². The molecule has 3 aromatic carbocycles. The Kier molecular flexibility index (Phi) is 6.83. The molecule has 0 saturated carbocycles. The van der Waals surface area contributed by atoms with Crippen LogP contribution in [0.1, 0.15) is 16.7 Å². The molecule has 3 rings (SSSR count). The van der Waals surface area contributed by atoms with Crippen LogP contribution in [0.25, 0.3) is 0 Å². The molecule has 0 spiro atoms. The smallest absolute Gasteiger partial charge is 0.143 e. The SMILES string of the molecule is COc1ccc(C(OCCBr)(c2ccc(Cl)cc2)c2ccc(Cl)cc2)cc1. The lowest BCUT2D eigenvalue weighted by Crippen LogP contribution is -2.33. The van der Waals surface area contributed by atoms with E-state index in [0.717, 1.165) is 22.4 Å². The van der Waals surface area contributed by atoms with Crippen molar-refractivity contribution >= 4 is 39.1 Å². The monoisotopic (exact) mass is 464 g/mol. The van der Waals surface area contributed by atoms with Gasteiger partial charge >= 0.3 is 0 Å². The van der Waals surface area contributed by atoms with Gasteiger partial charge in [0, 0.05) is 15.4 Å². The van der Waals surface area contributed by atoms with E-state index in [1.54, 1.807) is 7.11 Å². The fourth-order valence-corrected chi connectivity index (χ4v) is 3.55. The number of halogens is 3. The van der Waals surface area contributed by atoms with Crippen molar-refractivity contribution in [2.24, 2.45) is 0 Å². The molecule has 27 heavy (non-hydrogen) atoms. The zero-order chi connectivity index (χ0) is 19.3. The van der Waals surface area contributed by atoms with Gasteiger partial charge in [-0.05, 0) is 53.1 Å². The van der Waals surface area contributed by atoms with E-state index < -0.39 is 5.60 Å². The third-order valence-corrected chi connectivity index (χ3v) is 5.22. The predicted octanol–water partition coefficient (Wildman–Crippen LogP) is 6.71. The van der Waals surface area contributed by atoms with Gasteiger partial charge in [0.25, 0.3) is 0 Å². The fraction of sp³-hybridized carbons (Fsp3) is 0.182. The highest BCUT2D eigenvalue weighted by Crippen LogP contribution is 2.41. The molecule has 0 saturated heterocycles. The Balaban J connectivity index is 2.25. The molecule has 0 atom stereocenters. The van der Waals surface area contributed by atoms with Crippen LogP contribution in [0.2, 0.25) is 10.0 Å². The minimum Gasteiger partial charge on any atom is -0.497 e. The summed E-state index contributed by atoms with van der Waals surface area (Å²) in [4.78, 5) is 0. The first-order valence-corrected chi connectivity index (χ1v) is 10.3. The number of rotatable bonds is 7. The molecule has 0 aromatic heterocycles. The number of ether oxygens (including phenoxy) is 2. The van der Waals surface area contributed by atoms with Gasteiger partial charge in [0.1, 0.15) is 11.4 Å². The van der Waals surface area contributed by atoms with E-state index in [4.69, 9.17) is 32.7 Å². The number of hydrogen-bond acceptors (Lipinski definition) is 2. The zero-order valence-electron chi connectivity index (χ0n) is 14.8. The second-order valence-corrected chi connectivity index (χ2v) is 7.63. The van der Waals surface area contributed by atoms with Gasteiger partial charge in [0.15, 0.2) is 0 Å². The Bertz CT molecular complexity index is 817. The van der Waals surface area contributed by atoms with E-state index >= 15 is 0 Å². The molecule has 0 fully saturated rings. The van der Waals surface area contributed by atoms with E-state index in [1.807, 2.05) is 72.8 Å². The topological polar surface area (TPSA) is 18.5 Å². The summed E-state index contributed by atoms with van der Waals surface area (Å²) < 4.78 is 11.8. The third kappa shape index (κ3) is 4.33. The molecule has 3 aromatic rings. The number of hydrogen-bond donors (Lipinski definition) is 0. The fourth-order valence-electron chi connectivity index (χ4n) is 3.14. The zero-order valence-corrected chi connectivity index (χ0v) is 17.9. The van der Waals surface area contributed by atoms with Crippen molar-refractivity contribution in [1.29, 1.82) is 0 Å². The highest BCUT2D eigenvalue weighted by Gasteiger charge is 2.37. The van der Waals surface area contributed by atoms with Crippen LogP contribution in [0.4, 0.5) is 0 Å². The largest absolute Gasteiger partial charge is 0.497 e. The molecule has 5 heteroatoms. The van der Waals surface area contributed by atoms with Crippen LogP contribution in [-0.2, 0) is 10.3 Å². The minimum absolute atomic E-state index is 0.525. The van der Waals surface area contributed by atoms with E-state index in [2.05, 4.69) is 15.9 Å². The molecule has 0 aliphatic carbocycles. The van der Waals surface area contributed by atoms with Crippen molar-refractivity contribution in [3.63, 3.8) is 0 Å². The summed E-state index contributed by atoms with van der Waals surface area (Å²) in [6.07, 6.45) is 0. The molecule has 0 aliphatic heterocycles. The van der Waals surface area contributed by atoms with Crippen LogP contribution in [0, 0.1) is 0 Å². The van der Waals surface area contributed by atoms with Crippen LogP contribution in [0.3, 0.4) is 0 Å². The summed E-state index contributed by atoms with van der Waals surface area (Å²) in [5.74, 6) is 0.792. The van der Waals surface area contributed by atoms with Crippen molar-refractivity contribution in [1.82, 2.24) is 0 Å². The summed E-state index contributed by atoms with van der Waals surface area (Å²) in [6, 6.07) is 23.4.